The Bertz CT molecular complexity index is 1120. The average molecular weight is 515 g/mol. The highest BCUT2D eigenvalue weighted by Gasteiger charge is 2.34. The number of benzene rings is 2. The van der Waals surface area contributed by atoms with E-state index in [9.17, 15) is 14.4 Å². The van der Waals surface area contributed by atoms with Crippen LogP contribution in [0.4, 0.5) is 10.5 Å². The third-order valence-corrected chi connectivity index (χ3v) is 6.50. The van der Waals surface area contributed by atoms with Crippen molar-refractivity contribution in [1.82, 2.24) is 15.5 Å². The molecule has 192 valence electrons. The highest BCUT2D eigenvalue weighted by atomic mass is 35.5. The summed E-state index contributed by atoms with van der Waals surface area (Å²) in [6, 6.07) is 11.0. The molecule has 0 radical (unpaired) electrons. The molecular formula is C26H31ClN4O5. The minimum absolute atomic E-state index is 0.115. The third-order valence-electron chi connectivity index (χ3n) is 6.26. The van der Waals surface area contributed by atoms with Crippen LogP contribution in [0, 0.1) is 11.8 Å². The van der Waals surface area contributed by atoms with E-state index in [1.807, 2.05) is 13.8 Å². The topological polar surface area (TPSA) is 109 Å². The quantitative estimate of drug-likeness (QED) is 0.519. The molecule has 0 unspecified atom stereocenters. The van der Waals surface area contributed by atoms with Crippen molar-refractivity contribution in [2.75, 3.05) is 31.7 Å². The second kappa shape index (κ2) is 11.5. The maximum Gasteiger partial charge on any atom is 0.321 e. The van der Waals surface area contributed by atoms with Gasteiger partial charge in [-0.1, -0.05) is 31.5 Å². The predicted molar refractivity (Wildman–Crippen MR) is 136 cm³/mol. The second-order valence-electron chi connectivity index (χ2n) is 9.42. The van der Waals surface area contributed by atoms with Crippen LogP contribution in [0.25, 0.3) is 0 Å². The second-order valence-corrected chi connectivity index (χ2v) is 9.86. The Balaban J connectivity index is 1.40. The van der Waals surface area contributed by atoms with E-state index in [0.29, 0.717) is 60.2 Å². The van der Waals surface area contributed by atoms with E-state index in [-0.39, 0.29) is 36.5 Å². The fourth-order valence-electron chi connectivity index (χ4n) is 4.28. The zero-order valence-corrected chi connectivity index (χ0v) is 21.1. The molecule has 0 saturated carbocycles. The number of ether oxygens (including phenoxy) is 2. The van der Waals surface area contributed by atoms with Crippen LogP contribution in [0.2, 0.25) is 5.02 Å². The maximum absolute atomic E-state index is 13.1. The zero-order valence-electron chi connectivity index (χ0n) is 20.4. The van der Waals surface area contributed by atoms with Crippen molar-refractivity contribution in [2.45, 2.75) is 32.7 Å². The lowest BCUT2D eigenvalue weighted by atomic mass is 9.88. The lowest BCUT2D eigenvalue weighted by molar-refractivity contribution is -0.124. The maximum atomic E-state index is 13.1. The smallest absolute Gasteiger partial charge is 0.321 e. The number of rotatable bonds is 7. The molecule has 4 rings (SSSR count). The fourth-order valence-corrected chi connectivity index (χ4v) is 4.47. The number of anilines is 1. The first-order chi connectivity index (χ1) is 17.3. The number of carbonyl (C=O) groups excluding carboxylic acids is 3. The number of fused-ring (bicyclic) bond motifs is 1. The SMILES string of the molecule is CC(C)CNC(=O)[C@H](NC(=O)c1ccc2c(c1)OCO2)C1CCN(C(=O)Nc2cccc(Cl)c2)CC1. The van der Waals surface area contributed by atoms with E-state index in [4.69, 9.17) is 21.1 Å². The molecule has 0 spiro atoms. The van der Waals surface area contributed by atoms with Gasteiger partial charge in [0.05, 0.1) is 0 Å². The monoisotopic (exact) mass is 514 g/mol. The predicted octanol–water partition coefficient (Wildman–Crippen LogP) is 3.88. The molecule has 0 aliphatic carbocycles. The molecule has 2 aliphatic heterocycles. The third kappa shape index (κ3) is 6.40. The van der Waals surface area contributed by atoms with Gasteiger partial charge in [-0.15, -0.1) is 0 Å². The van der Waals surface area contributed by atoms with Crippen LogP contribution in [0.1, 0.15) is 37.0 Å². The van der Waals surface area contributed by atoms with Gasteiger partial charge in [0.25, 0.3) is 5.91 Å². The molecule has 10 heteroatoms. The summed E-state index contributed by atoms with van der Waals surface area (Å²) >= 11 is 6.01. The molecule has 2 heterocycles. The Hall–Kier alpha value is -3.46. The van der Waals surface area contributed by atoms with E-state index < -0.39 is 6.04 Å². The number of urea groups is 1. The van der Waals surface area contributed by atoms with Crippen LogP contribution in [-0.4, -0.2) is 55.2 Å². The summed E-state index contributed by atoms with van der Waals surface area (Å²) in [5, 5.41) is 9.27. The van der Waals surface area contributed by atoms with Crippen LogP contribution >= 0.6 is 11.6 Å². The first-order valence-corrected chi connectivity index (χ1v) is 12.5. The number of piperidine rings is 1. The van der Waals surface area contributed by atoms with Crippen LogP contribution < -0.4 is 25.4 Å². The van der Waals surface area contributed by atoms with Gasteiger partial charge in [-0.3, -0.25) is 9.59 Å². The Morgan fingerprint density at radius 1 is 1.06 bits per heavy atom. The van der Waals surface area contributed by atoms with Crippen LogP contribution in [0.5, 0.6) is 11.5 Å². The van der Waals surface area contributed by atoms with Crippen molar-refractivity contribution in [3.63, 3.8) is 0 Å². The molecule has 2 aliphatic rings. The molecule has 36 heavy (non-hydrogen) atoms. The van der Waals surface area contributed by atoms with Gasteiger partial charge >= 0.3 is 6.03 Å². The summed E-state index contributed by atoms with van der Waals surface area (Å²) in [7, 11) is 0. The normalized spacial score (nSPS) is 15.9. The highest BCUT2D eigenvalue weighted by Crippen LogP contribution is 2.32. The van der Waals surface area contributed by atoms with Crippen LogP contribution in [0.3, 0.4) is 0 Å². The van der Waals surface area contributed by atoms with Crippen molar-refractivity contribution in [1.29, 1.82) is 0 Å². The molecule has 1 atom stereocenters. The number of likely N-dealkylation sites (tertiary alicyclic amines) is 1. The number of nitrogens with zero attached hydrogens (tertiary/aromatic N) is 1. The summed E-state index contributed by atoms with van der Waals surface area (Å²) in [5.41, 5.74) is 1.01. The van der Waals surface area contributed by atoms with E-state index >= 15 is 0 Å². The lowest BCUT2D eigenvalue weighted by Gasteiger charge is -2.36. The van der Waals surface area contributed by atoms with Gasteiger partial charge in [0.1, 0.15) is 6.04 Å². The number of nitrogens with one attached hydrogen (secondary N) is 3. The van der Waals surface area contributed by atoms with Gasteiger partial charge in [-0.05, 0) is 61.1 Å². The van der Waals surface area contributed by atoms with E-state index in [2.05, 4.69) is 16.0 Å². The molecule has 1 saturated heterocycles. The molecule has 2 aromatic carbocycles. The number of carbonyl (C=O) groups is 3. The van der Waals surface area contributed by atoms with Gasteiger partial charge in [-0.25, -0.2) is 4.79 Å². The summed E-state index contributed by atoms with van der Waals surface area (Å²) in [4.78, 5) is 40.6. The minimum Gasteiger partial charge on any atom is -0.454 e. The minimum atomic E-state index is -0.722. The van der Waals surface area contributed by atoms with Crippen molar-refractivity contribution < 1.29 is 23.9 Å². The first kappa shape index (κ1) is 25.6. The first-order valence-electron chi connectivity index (χ1n) is 12.1. The number of amides is 4. The summed E-state index contributed by atoms with van der Waals surface area (Å²) < 4.78 is 10.7. The van der Waals surface area contributed by atoms with E-state index in [1.54, 1.807) is 47.4 Å². The van der Waals surface area contributed by atoms with Gasteiger partial charge in [-0.2, -0.15) is 0 Å². The Morgan fingerprint density at radius 3 is 2.53 bits per heavy atom. The Morgan fingerprint density at radius 2 is 1.81 bits per heavy atom. The van der Waals surface area contributed by atoms with Gasteiger partial charge in [0, 0.05) is 35.9 Å². The van der Waals surface area contributed by atoms with Gasteiger partial charge in [0.2, 0.25) is 12.7 Å². The lowest BCUT2D eigenvalue weighted by Crippen LogP contribution is -2.54. The molecule has 4 amide bonds. The van der Waals surface area contributed by atoms with Gasteiger partial charge < -0.3 is 30.3 Å². The molecule has 9 nitrogen and oxygen atoms in total. The largest absolute Gasteiger partial charge is 0.454 e. The highest BCUT2D eigenvalue weighted by molar-refractivity contribution is 6.30. The average Bonchev–Trinajstić information content (AvgIpc) is 3.34. The number of halogens is 1. The van der Waals surface area contributed by atoms with Crippen LogP contribution in [-0.2, 0) is 4.79 Å². The molecule has 0 aromatic heterocycles. The van der Waals surface area contributed by atoms with Crippen molar-refractivity contribution in [3.05, 3.63) is 53.1 Å². The fraction of sp³-hybridized carbons (Fsp3) is 0.423. The molecular weight excluding hydrogens is 484 g/mol. The molecule has 1 fully saturated rings. The molecule has 2 aromatic rings. The summed E-state index contributed by atoms with van der Waals surface area (Å²) in [6.45, 7) is 5.57. The zero-order chi connectivity index (χ0) is 25.7. The Labute approximate surface area is 215 Å². The molecule has 3 N–H and O–H groups in total. The van der Waals surface area contributed by atoms with Crippen molar-refractivity contribution in [3.8, 4) is 11.5 Å². The van der Waals surface area contributed by atoms with Crippen LogP contribution in [0.15, 0.2) is 42.5 Å². The van der Waals surface area contributed by atoms with Gasteiger partial charge in [0.15, 0.2) is 11.5 Å². The summed E-state index contributed by atoms with van der Waals surface area (Å²) in [6.07, 6.45) is 1.15. The number of hydrogen-bond acceptors (Lipinski definition) is 5. The van der Waals surface area contributed by atoms with E-state index in [1.165, 1.54) is 0 Å². The number of hydrogen-bond donors (Lipinski definition) is 3. The summed E-state index contributed by atoms with van der Waals surface area (Å²) in [5.74, 6) is 0.656. The molecule has 0 bridgehead atoms. The van der Waals surface area contributed by atoms with E-state index in [0.717, 1.165) is 0 Å². The standard InChI is InChI=1S/C26H31ClN4O5/c1-16(2)14-28-25(33)23(30-24(32)18-6-7-21-22(12-18)36-15-35-21)17-8-10-31(11-9-17)26(34)29-20-5-3-4-19(27)13-20/h3-7,12-13,16-17,23H,8-11,14-15H2,1-2H3,(H,28,33)(H,29,34)(H,30,32)/t23-/m1/s1. The Kier molecular flexibility index (Phi) is 8.20. The van der Waals surface area contributed by atoms with Crippen molar-refractivity contribution in [2.24, 2.45) is 11.8 Å². The van der Waals surface area contributed by atoms with Crippen molar-refractivity contribution >= 4 is 35.1 Å².